The standard InChI is InChI=1S/C20H20ClN3O4/c1-23(11-2-12-28-17-9-5-15(21)6-10-17)19(26)14-3-7-16(8-4-14)24-13-18(25)22-20(24)27/h3-10H,2,11-13H2,1H3,(H,22,25,27). The van der Waals surface area contributed by atoms with Crippen LogP contribution in [0.25, 0.3) is 0 Å². The lowest BCUT2D eigenvalue weighted by Crippen LogP contribution is -2.29. The molecule has 1 saturated heterocycles. The predicted octanol–water partition coefficient (Wildman–Crippen LogP) is 2.94. The van der Waals surface area contributed by atoms with Crippen LogP contribution in [-0.4, -0.2) is 49.5 Å². The monoisotopic (exact) mass is 401 g/mol. The minimum absolute atomic E-state index is 0.0142. The molecule has 0 radical (unpaired) electrons. The van der Waals surface area contributed by atoms with E-state index in [0.717, 1.165) is 5.75 Å². The second-order valence-electron chi connectivity index (χ2n) is 6.37. The summed E-state index contributed by atoms with van der Waals surface area (Å²) in [4.78, 5) is 38.4. The van der Waals surface area contributed by atoms with Crippen LogP contribution in [0.5, 0.6) is 5.75 Å². The van der Waals surface area contributed by atoms with Crippen LogP contribution in [-0.2, 0) is 4.79 Å². The molecule has 4 amide bonds. The van der Waals surface area contributed by atoms with Crippen molar-refractivity contribution in [2.75, 3.05) is 31.6 Å². The third kappa shape index (κ3) is 4.80. The number of nitrogens with one attached hydrogen (secondary N) is 1. The first-order valence-corrected chi connectivity index (χ1v) is 9.17. The Balaban J connectivity index is 1.48. The zero-order valence-corrected chi connectivity index (χ0v) is 16.1. The molecule has 2 aromatic carbocycles. The molecule has 0 spiro atoms. The van der Waals surface area contributed by atoms with Crippen molar-refractivity contribution >= 4 is 35.1 Å². The molecular formula is C20H20ClN3O4. The van der Waals surface area contributed by atoms with Gasteiger partial charge in [0, 0.05) is 29.9 Å². The maximum atomic E-state index is 12.5. The zero-order valence-electron chi connectivity index (χ0n) is 15.4. The number of rotatable bonds is 7. The third-order valence-electron chi connectivity index (χ3n) is 4.29. The predicted molar refractivity (Wildman–Crippen MR) is 106 cm³/mol. The van der Waals surface area contributed by atoms with E-state index in [1.807, 2.05) is 0 Å². The van der Waals surface area contributed by atoms with Crippen LogP contribution in [0.2, 0.25) is 5.02 Å². The summed E-state index contributed by atoms with van der Waals surface area (Å²) in [6.45, 7) is 1.01. The Morgan fingerprint density at radius 2 is 1.82 bits per heavy atom. The second kappa shape index (κ2) is 8.75. The van der Waals surface area contributed by atoms with Gasteiger partial charge in [0.15, 0.2) is 0 Å². The number of urea groups is 1. The maximum absolute atomic E-state index is 12.5. The first-order chi connectivity index (χ1) is 13.4. The number of hydrogen-bond acceptors (Lipinski definition) is 4. The van der Waals surface area contributed by atoms with Gasteiger partial charge >= 0.3 is 6.03 Å². The van der Waals surface area contributed by atoms with Crippen LogP contribution >= 0.6 is 11.6 Å². The van der Waals surface area contributed by atoms with Crippen LogP contribution in [0, 0.1) is 0 Å². The van der Waals surface area contributed by atoms with Gasteiger partial charge in [-0.3, -0.25) is 19.8 Å². The zero-order chi connectivity index (χ0) is 20.1. The number of ether oxygens (including phenoxy) is 1. The summed E-state index contributed by atoms with van der Waals surface area (Å²) < 4.78 is 5.62. The topological polar surface area (TPSA) is 79.0 Å². The second-order valence-corrected chi connectivity index (χ2v) is 6.81. The summed E-state index contributed by atoms with van der Waals surface area (Å²) >= 11 is 5.83. The summed E-state index contributed by atoms with van der Waals surface area (Å²) in [5.74, 6) is 0.268. The van der Waals surface area contributed by atoms with Gasteiger partial charge in [-0.2, -0.15) is 0 Å². The minimum atomic E-state index is -0.457. The number of halogens is 1. The Kier molecular flexibility index (Phi) is 6.16. The largest absolute Gasteiger partial charge is 0.494 e. The highest BCUT2D eigenvalue weighted by Crippen LogP contribution is 2.19. The van der Waals surface area contributed by atoms with Gasteiger partial charge in [-0.05, 0) is 55.0 Å². The van der Waals surface area contributed by atoms with Crippen LogP contribution in [0.1, 0.15) is 16.8 Å². The van der Waals surface area contributed by atoms with Gasteiger partial charge in [-0.25, -0.2) is 4.79 Å². The molecule has 8 heteroatoms. The fourth-order valence-electron chi connectivity index (χ4n) is 2.78. The molecule has 1 aliphatic heterocycles. The molecule has 1 heterocycles. The first kappa shape index (κ1) is 19.7. The van der Waals surface area contributed by atoms with Crippen molar-refractivity contribution in [2.24, 2.45) is 0 Å². The molecule has 0 bridgehead atoms. The lowest BCUT2D eigenvalue weighted by molar-refractivity contribution is -0.117. The van der Waals surface area contributed by atoms with E-state index in [9.17, 15) is 14.4 Å². The summed E-state index contributed by atoms with van der Waals surface area (Å²) in [7, 11) is 1.73. The van der Waals surface area contributed by atoms with E-state index in [1.54, 1.807) is 60.5 Å². The molecule has 0 aromatic heterocycles. The number of carbonyl (C=O) groups excluding carboxylic acids is 3. The SMILES string of the molecule is CN(CCCOc1ccc(Cl)cc1)C(=O)c1ccc(N2CC(=O)NC2=O)cc1. The Labute approximate surface area is 167 Å². The van der Waals surface area contributed by atoms with Crippen molar-refractivity contribution in [3.8, 4) is 5.75 Å². The molecule has 146 valence electrons. The van der Waals surface area contributed by atoms with Gasteiger partial charge in [0.25, 0.3) is 5.91 Å². The summed E-state index contributed by atoms with van der Waals surface area (Å²) in [6.07, 6.45) is 0.680. The van der Waals surface area contributed by atoms with E-state index < -0.39 is 6.03 Å². The van der Waals surface area contributed by atoms with Gasteiger partial charge in [0.05, 0.1) is 6.61 Å². The van der Waals surface area contributed by atoms with Gasteiger partial charge in [0.1, 0.15) is 12.3 Å². The third-order valence-corrected chi connectivity index (χ3v) is 4.54. The number of benzene rings is 2. The summed E-state index contributed by atoms with van der Waals surface area (Å²) in [5, 5.41) is 2.87. The van der Waals surface area contributed by atoms with Crippen molar-refractivity contribution in [3.63, 3.8) is 0 Å². The van der Waals surface area contributed by atoms with E-state index in [-0.39, 0.29) is 18.4 Å². The molecule has 2 aromatic rings. The van der Waals surface area contributed by atoms with E-state index >= 15 is 0 Å². The highest BCUT2D eigenvalue weighted by Gasteiger charge is 2.27. The molecule has 0 unspecified atom stereocenters. The van der Waals surface area contributed by atoms with Crippen molar-refractivity contribution in [2.45, 2.75) is 6.42 Å². The molecule has 1 aliphatic rings. The minimum Gasteiger partial charge on any atom is -0.494 e. The Morgan fingerprint density at radius 1 is 1.14 bits per heavy atom. The fourth-order valence-corrected chi connectivity index (χ4v) is 2.90. The number of hydrogen-bond donors (Lipinski definition) is 1. The van der Waals surface area contributed by atoms with Crippen molar-refractivity contribution in [1.29, 1.82) is 0 Å². The van der Waals surface area contributed by atoms with Crippen molar-refractivity contribution < 1.29 is 19.1 Å². The fraction of sp³-hybridized carbons (Fsp3) is 0.250. The highest BCUT2D eigenvalue weighted by molar-refractivity contribution is 6.30. The first-order valence-electron chi connectivity index (χ1n) is 8.79. The Bertz CT molecular complexity index is 868. The van der Waals surface area contributed by atoms with E-state index in [1.165, 1.54) is 4.90 Å². The van der Waals surface area contributed by atoms with Crippen LogP contribution in [0.4, 0.5) is 10.5 Å². The molecule has 3 rings (SSSR count). The number of nitrogens with zero attached hydrogens (tertiary/aromatic N) is 2. The number of carbonyl (C=O) groups is 3. The van der Waals surface area contributed by atoms with Gasteiger partial charge in [-0.1, -0.05) is 11.6 Å². The van der Waals surface area contributed by atoms with Gasteiger partial charge in [0.2, 0.25) is 5.91 Å². The lowest BCUT2D eigenvalue weighted by atomic mass is 10.1. The summed E-state index contributed by atoms with van der Waals surface area (Å²) in [6, 6.07) is 13.3. The van der Waals surface area contributed by atoms with Crippen LogP contribution < -0.4 is 15.0 Å². The molecule has 0 atom stereocenters. The molecule has 1 fully saturated rings. The van der Waals surface area contributed by atoms with Gasteiger partial charge in [-0.15, -0.1) is 0 Å². The number of imide groups is 1. The Morgan fingerprint density at radius 3 is 2.43 bits per heavy atom. The lowest BCUT2D eigenvalue weighted by Gasteiger charge is -2.18. The average Bonchev–Trinajstić information content (AvgIpc) is 3.04. The molecular weight excluding hydrogens is 382 g/mol. The average molecular weight is 402 g/mol. The van der Waals surface area contributed by atoms with Crippen LogP contribution in [0.3, 0.4) is 0 Å². The smallest absolute Gasteiger partial charge is 0.329 e. The summed E-state index contributed by atoms with van der Waals surface area (Å²) in [5.41, 5.74) is 1.08. The highest BCUT2D eigenvalue weighted by atomic mass is 35.5. The van der Waals surface area contributed by atoms with Crippen molar-refractivity contribution in [1.82, 2.24) is 10.2 Å². The van der Waals surface area contributed by atoms with E-state index in [2.05, 4.69) is 5.32 Å². The van der Waals surface area contributed by atoms with E-state index in [0.29, 0.717) is 35.8 Å². The quantitative estimate of drug-likeness (QED) is 0.571. The molecule has 7 nitrogen and oxygen atoms in total. The molecule has 0 saturated carbocycles. The number of anilines is 1. The maximum Gasteiger partial charge on any atom is 0.329 e. The molecule has 0 aliphatic carbocycles. The molecule has 28 heavy (non-hydrogen) atoms. The molecule has 1 N–H and O–H groups in total. The normalized spacial score (nSPS) is 13.4. The van der Waals surface area contributed by atoms with E-state index in [4.69, 9.17) is 16.3 Å². The number of amides is 4. The van der Waals surface area contributed by atoms with Gasteiger partial charge < -0.3 is 9.64 Å². The Hall–Kier alpha value is -3.06. The van der Waals surface area contributed by atoms with Crippen LogP contribution in [0.15, 0.2) is 48.5 Å². The van der Waals surface area contributed by atoms with Crippen molar-refractivity contribution in [3.05, 3.63) is 59.1 Å².